The van der Waals surface area contributed by atoms with Crippen molar-refractivity contribution >= 4 is 11.8 Å². The predicted octanol–water partition coefficient (Wildman–Crippen LogP) is 2.83. The molecule has 1 aliphatic heterocycles. The van der Waals surface area contributed by atoms with Crippen molar-refractivity contribution in [2.75, 3.05) is 26.6 Å². The van der Waals surface area contributed by atoms with Gasteiger partial charge >= 0.3 is 0 Å². The molecular weight excluding hydrogens is 352 g/mol. The Bertz CT molecular complexity index is 935. The lowest BCUT2D eigenvalue weighted by Gasteiger charge is -2.21. The van der Waals surface area contributed by atoms with Gasteiger partial charge in [0.25, 0.3) is 0 Å². The fourth-order valence-electron chi connectivity index (χ4n) is 3.03. The third-order valence-electron chi connectivity index (χ3n) is 4.38. The van der Waals surface area contributed by atoms with Crippen LogP contribution in [0.25, 0.3) is 11.4 Å². The van der Waals surface area contributed by atoms with E-state index in [1.54, 1.807) is 25.1 Å². The maximum Gasteiger partial charge on any atom is 0.167 e. The minimum Gasteiger partial charge on any atom is -0.496 e. The largest absolute Gasteiger partial charge is 0.496 e. The fraction of sp³-hybridized carbons (Fsp3) is 0.333. The van der Waals surface area contributed by atoms with E-state index in [0.717, 1.165) is 22.2 Å². The average Bonchev–Trinajstić information content (AvgIpc) is 3.27. The van der Waals surface area contributed by atoms with Crippen molar-refractivity contribution in [1.29, 1.82) is 0 Å². The van der Waals surface area contributed by atoms with Crippen molar-refractivity contribution in [2.45, 2.75) is 11.7 Å². The van der Waals surface area contributed by atoms with Crippen molar-refractivity contribution in [1.82, 2.24) is 19.1 Å². The van der Waals surface area contributed by atoms with Gasteiger partial charge in [0.1, 0.15) is 24.8 Å². The summed E-state index contributed by atoms with van der Waals surface area (Å²) in [5.41, 5.74) is 1.97. The topological polar surface area (TPSA) is 63.3 Å². The first-order valence-corrected chi connectivity index (χ1v) is 9.47. The molecule has 1 aromatic carbocycles. The number of thioether (sulfide) groups is 1. The lowest BCUT2D eigenvalue weighted by molar-refractivity contribution is 0.171. The first-order valence-electron chi connectivity index (χ1n) is 8.25. The molecule has 8 heteroatoms. The normalized spacial score (nSPS) is 13.0. The molecule has 7 nitrogen and oxygen atoms in total. The van der Waals surface area contributed by atoms with Gasteiger partial charge in [-0.15, -0.1) is 0 Å². The quantitative estimate of drug-likeness (QED) is 0.642. The van der Waals surface area contributed by atoms with Crippen LogP contribution < -0.4 is 14.2 Å². The summed E-state index contributed by atoms with van der Waals surface area (Å²) in [4.78, 5) is 8.99. The van der Waals surface area contributed by atoms with Crippen LogP contribution in [-0.4, -0.2) is 45.7 Å². The van der Waals surface area contributed by atoms with Crippen LogP contribution in [0.15, 0.2) is 35.9 Å². The van der Waals surface area contributed by atoms with E-state index in [4.69, 9.17) is 14.2 Å². The zero-order chi connectivity index (χ0) is 18.1. The van der Waals surface area contributed by atoms with E-state index in [9.17, 15) is 0 Å². The van der Waals surface area contributed by atoms with E-state index in [0.29, 0.717) is 37.0 Å². The van der Waals surface area contributed by atoms with Crippen molar-refractivity contribution in [3.8, 4) is 28.6 Å². The van der Waals surface area contributed by atoms with Crippen LogP contribution in [0, 0.1) is 0 Å². The van der Waals surface area contributed by atoms with Gasteiger partial charge in [0.2, 0.25) is 0 Å². The molecule has 3 aromatic rings. The van der Waals surface area contributed by atoms with Crippen LogP contribution in [-0.2, 0) is 13.6 Å². The van der Waals surface area contributed by atoms with E-state index in [2.05, 4.69) is 19.1 Å². The zero-order valence-corrected chi connectivity index (χ0v) is 15.7. The van der Waals surface area contributed by atoms with Crippen LogP contribution in [0.1, 0.15) is 5.69 Å². The van der Waals surface area contributed by atoms with E-state index < -0.39 is 0 Å². The second-order valence-electron chi connectivity index (χ2n) is 5.87. The standard InChI is InChI=1S/C18H20N4O3S/c1-21-12(10-20-18(21)26-3)11-22-5-4-19-17(22)13-8-15-16(9-14(13)23-2)25-7-6-24-15/h4-5,8-10H,6-7,11H2,1-3H3. The highest BCUT2D eigenvalue weighted by Crippen LogP contribution is 2.41. The minimum absolute atomic E-state index is 0.541. The molecule has 0 N–H and O–H groups in total. The number of benzene rings is 1. The van der Waals surface area contributed by atoms with Crippen LogP contribution in [0.5, 0.6) is 17.2 Å². The van der Waals surface area contributed by atoms with Gasteiger partial charge in [-0.2, -0.15) is 0 Å². The highest BCUT2D eigenvalue weighted by atomic mass is 32.2. The highest BCUT2D eigenvalue weighted by molar-refractivity contribution is 7.98. The molecule has 1 aliphatic rings. The molecule has 26 heavy (non-hydrogen) atoms. The Labute approximate surface area is 155 Å². The van der Waals surface area contributed by atoms with Crippen molar-refractivity contribution < 1.29 is 14.2 Å². The van der Waals surface area contributed by atoms with Crippen molar-refractivity contribution in [2.24, 2.45) is 7.05 Å². The molecule has 0 radical (unpaired) electrons. The second kappa shape index (κ2) is 6.95. The third-order valence-corrected chi connectivity index (χ3v) is 5.12. The van der Waals surface area contributed by atoms with Gasteiger partial charge < -0.3 is 23.3 Å². The molecule has 0 aliphatic carbocycles. The Morgan fingerprint density at radius 2 is 1.96 bits per heavy atom. The Kier molecular flexibility index (Phi) is 4.50. The molecule has 0 atom stereocenters. The molecule has 3 heterocycles. The maximum atomic E-state index is 5.72. The number of hydrogen-bond donors (Lipinski definition) is 0. The van der Waals surface area contributed by atoms with Crippen LogP contribution in [0.4, 0.5) is 0 Å². The first-order chi connectivity index (χ1) is 12.7. The van der Waals surface area contributed by atoms with Gasteiger partial charge in [-0.25, -0.2) is 9.97 Å². The number of imidazole rings is 2. The second-order valence-corrected chi connectivity index (χ2v) is 6.64. The highest BCUT2D eigenvalue weighted by Gasteiger charge is 2.20. The first kappa shape index (κ1) is 16.8. The lowest BCUT2D eigenvalue weighted by Crippen LogP contribution is -2.15. The van der Waals surface area contributed by atoms with E-state index in [1.807, 2.05) is 37.8 Å². The number of methoxy groups -OCH3 is 1. The summed E-state index contributed by atoms with van der Waals surface area (Å²) in [6, 6.07) is 3.79. The van der Waals surface area contributed by atoms with Gasteiger partial charge in [-0.3, -0.25) is 0 Å². The smallest absolute Gasteiger partial charge is 0.167 e. The van der Waals surface area contributed by atoms with E-state index in [1.165, 1.54) is 0 Å². The zero-order valence-electron chi connectivity index (χ0n) is 14.9. The van der Waals surface area contributed by atoms with Gasteiger partial charge in [-0.1, -0.05) is 11.8 Å². The summed E-state index contributed by atoms with van der Waals surface area (Å²) < 4.78 is 21.1. The molecule has 0 fully saturated rings. The number of aromatic nitrogens is 4. The molecule has 4 rings (SSSR count). The summed E-state index contributed by atoms with van der Waals surface area (Å²) in [6.07, 6.45) is 7.67. The number of rotatable bonds is 5. The maximum absolute atomic E-state index is 5.72. The number of ether oxygens (including phenoxy) is 3. The van der Waals surface area contributed by atoms with Gasteiger partial charge in [0.15, 0.2) is 16.7 Å². The molecule has 0 unspecified atom stereocenters. The van der Waals surface area contributed by atoms with Gasteiger partial charge in [-0.05, 0) is 12.3 Å². The molecule has 136 valence electrons. The van der Waals surface area contributed by atoms with Crippen molar-refractivity contribution in [3.63, 3.8) is 0 Å². The number of fused-ring (bicyclic) bond motifs is 1. The Morgan fingerprint density at radius 1 is 1.19 bits per heavy atom. The van der Waals surface area contributed by atoms with Crippen molar-refractivity contribution in [3.05, 3.63) is 36.4 Å². The molecular formula is C18H20N4O3S. The monoisotopic (exact) mass is 372 g/mol. The summed E-state index contributed by atoms with van der Waals surface area (Å²) in [5, 5.41) is 0.985. The molecule has 0 saturated carbocycles. The van der Waals surface area contributed by atoms with Gasteiger partial charge in [0, 0.05) is 25.5 Å². The Morgan fingerprint density at radius 3 is 2.65 bits per heavy atom. The minimum atomic E-state index is 0.541. The predicted molar refractivity (Wildman–Crippen MR) is 99.3 cm³/mol. The average molecular weight is 372 g/mol. The molecule has 0 saturated heterocycles. The molecule has 0 amide bonds. The number of hydrogen-bond acceptors (Lipinski definition) is 6. The third kappa shape index (κ3) is 2.90. The number of nitrogens with zero attached hydrogens (tertiary/aromatic N) is 4. The molecule has 0 spiro atoms. The van der Waals surface area contributed by atoms with Crippen LogP contribution in [0.2, 0.25) is 0 Å². The lowest BCUT2D eigenvalue weighted by atomic mass is 10.1. The van der Waals surface area contributed by atoms with Gasteiger partial charge in [0.05, 0.1) is 31.1 Å². The summed E-state index contributed by atoms with van der Waals surface area (Å²) in [5.74, 6) is 2.93. The van der Waals surface area contributed by atoms with Crippen LogP contribution in [0.3, 0.4) is 0 Å². The fourth-order valence-corrected chi connectivity index (χ4v) is 3.58. The Hall–Kier alpha value is -2.61. The molecule has 2 aromatic heterocycles. The summed E-state index contributed by atoms with van der Waals surface area (Å²) in [7, 11) is 3.67. The Balaban J connectivity index is 1.73. The van der Waals surface area contributed by atoms with E-state index >= 15 is 0 Å². The summed E-state index contributed by atoms with van der Waals surface area (Å²) >= 11 is 1.63. The SMILES string of the molecule is COc1cc2c(cc1-c1nccn1Cc1cnc(SC)n1C)OCCO2. The molecule has 0 bridgehead atoms. The van der Waals surface area contributed by atoms with Crippen LogP contribution >= 0.6 is 11.8 Å². The van der Waals surface area contributed by atoms with E-state index in [-0.39, 0.29) is 0 Å². The summed E-state index contributed by atoms with van der Waals surface area (Å²) in [6.45, 7) is 1.75.